The zero-order valence-corrected chi connectivity index (χ0v) is 20.6. The van der Waals surface area contributed by atoms with Gasteiger partial charge in [0, 0.05) is 82.6 Å². The fourth-order valence-electron chi connectivity index (χ4n) is 4.70. The molecular weight excluding hydrogens is 450 g/mol. The molecule has 0 bridgehead atoms. The molecule has 2 fully saturated rings. The first-order valence-electron chi connectivity index (χ1n) is 12.4. The fraction of sp³-hybridized carbons (Fsp3) is 0.560. The van der Waals surface area contributed by atoms with Crippen LogP contribution in [-0.4, -0.2) is 107 Å². The third kappa shape index (κ3) is 5.94. The van der Waals surface area contributed by atoms with Crippen LogP contribution in [0.1, 0.15) is 25.0 Å². The van der Waals surface area contributed by atoms with E-state index in [9.17, 15) is 14.7 Å². The van der Waals surface area contributed by atoms with Crippen molar-refractivity contribution in [1.29, 1.82) is 0 Å². The zero-order valence-electron chi connectivity index (χ0n) is 20.6. The van der Waals surface area contributed by atoms with E-state index in [4.69, 9.17) is 9.47 Å². The van der Waals surface area contributed by atoms with Crippen LogP contribution in [0.25, 0.3) is 10.9 Å². The molecule has 10 heteroatoms. The second kappa shape index (κ2) is 11.5. The third-order valence-corrected chi connectivity index (χ3v) is 6.62. The molecule has 2 amide bonds. The lowest BCUT2D eigenvalue weighted by Crippen LogP contribution is -2.48. The van der Waals surface area contributed by atoms with Gasteiger partial charge in [0.25, 0.3) is 0 Å². The minimum atomic E-state index is -0.268. The van der Waals surface area contributed by atoms with Crippen LogP contribution in [0.3, 0.4) is 0 Å². The number of hydrogen-bond donors (Lipinski definition) is 1. The van der Waals surface area contributed by atoms with Gasteiger partial charge in [-0.25, -0.2) is 9.59 Å². The standard InChI is InChI=1S/C25H35N5O5/c1-3-34-24(32)29-12-8-27(9-13-29)17-19-16-20(23(31)22-21(19)6-5-7-26-22)18-28-10-14-30(15-11-28)25(33)35-4-2/h5-7,16,31H,3-4,8-15,17-18H2,1-2H3. The molecule has 1 aromatic heterocycles. The number of fused-ring (bicyclic) bond motifs is 1. The number of aromatic hydroxyl groups is 1. The molecule has 190 valence electrons. The van der Waals surface area contributed by atoms with Gasteiger partial charge in [-0.15, -0.1) is 0 Å². The van der Waals surface area contributed by atoms with Crippen molar-refractivity contribution in [2.24, 2.45) is 0 Å². The SMILES string of the molecule is CCOC(=O)N1CCN(Cc2cc(CN3CCN(C(=O)OCC)CC3)c3cccnc3c2O)CC1. The van der Waals surface area contributed by atoms with Gasteiger partial charge in [-0.1, -0.05) is 6.07 Å². The highest BCUT2D eigenvalue weighted by molar-refractivity contribution is 5.88. The highest BCUT2D eigenvalue weighted by Crippen LogP contribution is 2.32. The van der Waals surface area contributed by atoms with Crippen LogP contribution in [-0.2, 0) is 22.6 Å². The van der Waals surface area contributed by atoms with E-state index >= 15 is 0 Å². The first-order chi connectivity index (χ1) is 17.0. The molecular formula is C25H35N5O5. The summed E-state index contributed by atoms with van der Waals surface area (Å²) in [4.78, 5) is 36.5. The second-order valence-corrected chi connectivity index (χ2v) is 8.87. The molecule has 1 aromatic carbocycles. The minimum absolute atomic E-state index is 0.212. The molecule has 35 heavy (non-hydrogen) atoms. The Balaban J connectivity index is 1.45. The van der Waals surface area contributed by atoms with Gasteiger partial charge in [0.2, 0.25) is 0 Å². The summed E-state index contributed by atoms with van der Waals surface area (Å²) in [6, 6.07) is 5.96. The molecule has 1 N–H and O–H groups in total. The lowest BCUT2D eigenvalue weighted by molar-refractivity contribution is 0.0776. The number of amides is 2. The molecule has 0 saturated carbocycles. The number of carbonyl (C=O) groups is 2. The van der Waals surface area contributed by atoms with Crippen molar-refractivity contribution >= 4 is 23.1 Å². The number of benzene rings is 1. The van der Waals surface area contributed by atoms with Crippen LogP contribution in [0.4, 0.5) is 9.59 Å². The summed E-state index contributed by atoms with van der Waals surface area (Å²) < 4.78 is 10.2. The summed E-state index contributed by atoms with van der Waals surface area (Å²) in [5, 5.41) is 12.0. The molecule has 10 nitrogen and oxygen atoms in total. The molecule has 0 atom stereocenters. The number of hydrogen-bond acceptors (Lipinski definition) is 8. The van der Waals surface area contributed by atoms with Crippen molar-refractivity contribution < 1.29 is 24.2 Å². The molecule has 2 aromatic rings. The molecule has 2 saturated heterocycles. The van der Waals surface area contributed by atoms with Crippen molar-refractivity contribution in [1.82, 2.24) is 24.6 Å². The van der Waals surface area contributed by atoms with E-state index in [1.54, 1.807) is 16.0 Å². The molecule has 2 aliphatic rings. The van der Waals surface area contributed by atoms with E-state index < -0.39 is 0 Å². The summed E-state index contributed by atoms with van der Waals surface area (Å²) in [6.07, 6.45) is 1.18. The van der Waals surface area contributed by atoms with E-state index in [1.807, 2.05) is 26.0 Å². The van der Waals surface area contributed by atoms with Crippen LogP contribution in [0.2, 0.25) is 0 Å². The Bertz CT molecular complexity index is 1030. The summed E-state index contributed by atoms with van der Waals surface area (Å²) in [5.74, 6) is 0.212. The molecule has 3 heterocycles. The van der Waals surface area contributed by atoms with E-state index in [1.165, 1.54) is 0 Å². The van der Waals surface area contributed by atoms with Crippen molar-refractivity contribution in [2.75, 3.05) is 65.6 Å². The Morgan fingerprint density at radius 3 is 1.89 bits per heavy atom. The predicted octanol–water partition coefficient (Wildman–Crippen LogP) is 2.49. The van der Waals surface area contributed by atoms with Gasteiger partial charge in [0.15, 0.2) is 0 Å². The maximum atomic E-state index is 12.0. The van der Waals surface area contributed by atoms with Gasteiger partial charge < -0.3 is 24.4 Å². The van der Waals surface area contributed by atoms with Crippen molar-refractivity contribution in [3.63, 3.8) is 0 Å². The normalized spacial score (nSPS) is 17.5. The maximum Gasteiger partial charge on any atom is 0.409 e. The average Bonchev–Trinajstić information content (AvgIpc) is 2.88. The first kappa shape index (κ1) is 25.0. The largest absolute Gasteiger partial charge is 0.505 e. The smallest absolute Gasteiger partial charge is 0.409 e. The summed E-state index contributed by atoms with van der Waals surface area (Å²) in [6.45, 7) is 11.1. The quantitative estimate of drug-likeness (QED) is 0.667. The van der Waals surface area contributed by atoms with Gasteiger partial charge >= 0.3 is 12.2 Å². The molecule has 0 unspecified atom stereocenters. The first-order valence-corrected chi connectivity index (χ1v) is 12.4. The van der Waals surface area contributed by atoms with Crippen molar-refractivity contribution in [3.8, 4) is 5.75 Å². The van der Waals surface area contributed by atoms with E-state index in [0.717, 1.165) is 29.6 Å². The van der Waals surface area contributed by atoms with E-state index in [2.05, 4.69) is 20.9 Å². The highest BCUT2D eigenvalue weighted by Gasteiger charge is 2.25. The number of phenolic OH excluding ortho intramolecular Hbond substituents is 1. The number of pyridine rings is 1. The Labute approximate surface area is 206 Å². The van der Waals surface area contributed by atoms with Gasteiger partial charge in [0.05, 0.1) is 13.2 Å². The fourth-order valence-corrected chi connectivity index (χ4v) is 4.70. The summed E-state index contributed by atoms with van der Waals surface area (Å²) in [7, 11) is 0. The van der Waals surface area contributed by atoms with Gasteiger partial charge in [0.1, 0.15) is 11.3 Å². The van der Waals surface area contributed by atoms with Crippen LogP contribution in [0.15, 0.2) is 24.4 Å². The lowest BCUT2D eigenvalue weighted by atomic mass is 10.0. The molecule has 0 aliphatic carbocycles. The molecule has 4 rings (SSSR count). The molecule has 0 radical (unpaired) electrons. The predicted molar refractivity (Wildman–Crippen MR) is 131 cm³/mol. The number of nitrogens with zero attached hydrogens (tertiary/aromatic N) is 5. The number of ether oxygens (including phenoxy) is 2. The molecule has 0 spiro atoms. The topological polar surface area (TPSA) is 98.7 Å². The van der Waals surface area contributed by atoms with E-state index in [-0.39, 0.29) is 17.9 Å². The minimum Gasteiger partial charge on any atom is -0.505 e. The highest BCUT2D eigenvalue weighted by atomic mass is 16.6. The van der Waals surface area contributed by atoms with Crippen LogP contribution < -0.4 is 0 Å². The van der Waals surface area contributed by atoms with Gasteiger partial charge in [-0.3, -0.25) is 14.8 Å². The Morgan fingerprint density at radius 2 is 1.37 bits per heavy atom. The Morgan fingerprint density at radius 1 is 0.857 bits per heavy atom. The number of aromatic nitrogens is 1. The third-order valence-electron chi connectivity index (χ3n) is 6.62. The lowest BCUT2D eigenvalue weighted by Gasteiger charge is -2.35. The average molecular weight is 486 g/mol. The number of carbonyl (C=O) groups excluding carboxylic acids is 2. The van der Waals surface area contributed by atoms with E-state index in [0.29, 0.717) is 71.1 Å². The van der Waals surface area contributed by atoms with Gasteiger partial charge in [-0.2, -0.15) is 0 Å². The summed E-state index contributed by atoms with van der Waals surface area (Å²) >= 11 is 0. The zero-order chi connectivity index (χ0) is 24.8. The summed E-state index contributed by atoms with van der Waals surface area (Å²) in [5.41, 5.74) is 2.55. The second-order valence-electron chi connectivity index (χ2n) is 8.87. The Kier molecular flexibility index (Phi) is 8.25. The van der Waals surface area contributed by atoms with Crippen LogP contribution in [0, 0.1) is 0 Å². The number of piperazine rings is 2. The number of phenols is 1. The van der Waals surface area contributed by atoms with Crippen LogP contribution >= 0.6 is 0 Å². The van der Waals surface area contributed by atoms with Gasteiger partial charge in [-0.05, 0) is 31.5 Å². The monoisotopic (exact) mass is 485 g/mol. The van der Waals surface area contributed by atoms with Crippen molar-refractivity contribution in [2.45, 2.75) is 26.9 Å². The maximum absolute atomic E-state index is 12.0. The molecule has 2 aliphatic heterocycles. The Hall–Kier alpha value is -3.11. The van der Waals surface area contributed by atoms with Crippen molar-refractivity contribution in [3.05, 3.63) is 35.5 Å². The number of rotatable bonds is 6. The van der Waals surface area contributed by atoms with Crippen LogP contribution in [0.5, 0.6) is 5.75 Å².